The molecule has 3 heteroatoms. The van der Waals surface area contributed by atoms with E-state index in [1.807, 2.05) is 6.21 Å². The van der Waals surface area contributed by atoms with Gasteiger partial charge in [-0.05, 0) is 66.3 Å². The molecular weight excluding hydrogens is 378 g/mol. The number of benzene rings is 3. The van der Waals surface area contributed by atoms with Crippen molar-refractivity contribution in [1.29, 1.82) is 0 Å². The molecule has 0 saturated carbocycles. The minimum absolute atomic E-state index is 0.326. The molecule has 3 aromatic carbocycles. The summed E-state index contributed by atoms with van der Waals surface area (Å²) in [5.41, 5.74) is 8.65. The summed E-state index contributed by atoms with van der Waals surface area (Å²) in [5, 5.41) is 3.82. The second-order valence-corrected chi connectivity index (χ2v) is 8.90. The number of allylic oxidation sites excluding steroid dienone is 2. The maximum absolute atomic E-state index is 4.68. The highest BCUT2D eigenvalue weighted by atomic mass is 15.1. The van der Waals surface area contributed by atoms with Gasteiger partial charge in [0.2, 0.25) is 0 Å². The molecule has 1 N–H and O–H groups in total. The van der Waals surface area contributed by atoms with E-state index >= 15 is 0 Å². The molecule has 0 bridgehead atoms. The monoisotopic (exact) mass is 407 g/mol. The zero-order chi connectivity index (χ0) is 21.4. The first-order chi connectivity index (χ1) is 15.1. The number of aryl methyl sites for hydroxylation is 1. The van der Waals surface area contributed by atoms with Gasteiger partial charge in [0, 0.05) is 37.6 Å². The van der Waals surface area contributed by atoms with Gasteiger partial charge in [0.15, 0.2) is 0 Å². The SMILES string of the molecule is Cc1ccc2c(c1)C1C=CCC1C(c1ccc(N=Cc3ccc(N(C)C)cc3)cc1)N2. The van der Waals surface area contributed by atoms with Crippen LogP contribution in [0.25, 0.3) is 0 Å². The molecule has 1 aliphatic heterocycles. The van der Waals surface area contributed by atoms with Crippen LogP contribution in [0.4, 0.5) is 17.1 Å². The van der Waals surface area contributed by atoms with Gasteiger partial charge in [-0.2, -0.15) is 0 Å². The lowest BCUT2D eigenvalue weighted by molar-refractivity contribution is 0.425. The summed E-state index contributed by atoms with van der Waals surface area (Å²) in [5.74, 6) is 1.07. The first kappa shape index (κ1) is 19.6. The molecule has 1 heterocycles. The van der Waals surface area contributed by atoms with Crippen molar-refractivity contribution < 1.29 is 0 Å². The minimum atomic E-state index is 0.326. The van der Waals surface area contributed by atoms with E-state index in [-0.39, 0.29) is 0 Å². The summed E-state index contributed by atoms with van der Waals surface area (Å²) in [4.78, 5) is 6.78. The Morgan fingerprint density at radius 2 is 1.74 bits per heavy atom. The number of fused-ring (bicyclic) bond motifs is 3. The fourth-order valence-corrected chi connectivity index (χ4v) is 4.82. The van der Waals surface area contributed by atoms with Gasteiger partial charge in [-0.15, -0.1) is 0 Å². The normalized spacial score (nSPS) is 21.6. The molecule has 5 rings (SSSR count). The fraction of sp³-hybridized carbons (Fsp3) is 0.250. The van der Waals surface area contributed by atoms with Crippen LogP contribution in [0.2, 0.25) is 0 Å². The molecule has 0 aromatic heterocycles. The smallest absolute Gasteiger partial charge is 0.0630 e. The van der Waals surface area contributed by atoms with Gasteiger partial charge >= 0.3 is 0 Å². The van der Waals surface area contributed by atoms with Crippen molar-refractivity contribution in [3.8, 4) is 0 Å². The molecule has 3 aromatic rings. The predicted octanol–water partition coefficient (Wildman–Crippen LogP) is 6.64. The Morgan fingerprint density at radius 3 is 2.48 bits per heavy atom. The summed E-state index contributed by atoms with van der Waals surface area (Å²) in [6.07, 6.45) is 7.81. The van der Waals surface area contributed by atoms with Crippen LogP contribution in [0, 0.1) is 12.8 Å². The van der Waals surface area contributed by atoms with E-state index < -0.39 is 0 Å². The van der Waals surface area contributed by atoms with Crippen molar-refractivity contribution in [3.05, 3.63) is 101 Å². The molecule has 0 radical (unpaired) electrons. The summed E-state index contributed by atoms with van der Waals surface area (Å²) >= 11 is 0. The molecule has 0 fully saturated rings. The lowest BCUT2D eigenvalue weighted by atomic mass is 9.76. The Morgan fingerprint density at radius 1 is 0.968 bits per heavy atom. The zero-order valence-corrected chi connectivity index (χ0v) is 18.4. The highest BCUT2D eigenvalue weighted by molar-refractivity contribution is 5.82. The second kappa shape index (κ2) is 8.07. The van der Waals surface area contributed by atoms with Gasteiger partial charge in [-0.3, -0.25) is 4.99 Å². The lowest BCUT2D eigenvalue weighted by Gasteiger charge is -2.37. The number of aliphatic imine (C=N–C) groups is 1. The number of anilines is 2. The van der Waals surface area contributed by atoms with Crippen LogP contribution in [0.5, 0.6) is 0 Å². The van der Waals surface area contributed by atoms with Crippen molar-refractivity contribution in [2.45, 2.75) is 25.3 Å². The zero-order valence-electron chi connectivity index (χ0n) is 18.4. The first-order valence-corrected chi connectivity index (χ1v) is 11.0. The molecule has 3 unspecified atom stereocenters. The van der Waals surface area contributed by atoms with Gasteiger partial charge < -0.3 is 10.2 Å². The molecule has 1 aliphatic carbocycles. The van der Waals surface area contributed by atoms with Gasteiger partial charge in [-0.25, -0.2) is 0 Å². The molecular formula is C28H29N3. The number of hydrogen-bond acceptors (Lipinski definition) is 3. The lowest BCUT2D eigenvalue weighted by Crippen LogP contribution is -2.29. The molecule has 3 nitrogen and oxygen atoms in total. The Bertz CT molecular complexity index is 1120. The van der Waals surface area contributed by atoms with Gasteiger partial charge in [0.1, 0.15) is 0 Å². The summed E-state index contributed by atoms with van der Waals surface area (Å²) in [6, 6.07) is 24.3. The summed E-state index contributed by atoms with van der Waals surface area (Å²) in [7, 11) is 4.10. The number of nitrogens with one attached hydrogen (secondary N) is 1. The van der Waals surface area contributed by atoms with Gasteiger partial charge in [0.25, 0.3) is 0 Å². The average molecular weight is 408 g/mol. The van der Waals surface area contributed by atoms with Gasteiger partial charge in [-0.1, -0.05) is 54.1 Å². The van der Waals surface area contributed by atoms with Crippen LogP contribution >= 0.6 is 0 Å². The van der Waals surface area contributed by atoms with Crippen LogP contribution in [0.15, 0.2) is 83.9 Å². The maximum atomic E-state index is 4.68. The minimum Gasteiger partial charge on any atom is -0.378 e. The standard InChI is InChI=1S/C28H29N3/c1-19-7-16-27-26(17-19)24-5-4-6-25(24)28(30-27)21-10-12-22(13-11-21)29-18-20-8-14-23(15-9-20)31(2)3/h4-5,7-18,24-25,28,30H,6H2,1-3H3. The number of nitrogens with zero attached hydrogens (tertiary/aromatic N) is 2. The van der Waals surface area contributed by atoms with E-state index in [0.717, 1.165) is 17.7 Å². The highest BCUT2D eigenvalue weighted by Crippen LogP contribution is 2.50. The van der Waals surface area contributed by atoms with E-state index in [2.05, 4.69) is 115 Å². The third-order valence-corrected chi connectivity index (χ3v) is 6.54. The summed E-state index contributed by atoms with van der Waals surface area (Å²) in [6.45, 7) is 2.18. The van der Waals surface area contributed by atoms with E-state index in [0.29, 0.717) is 17.9 Å². The van der Waals surface area contributed by atoms with Crippen molar-refractivity contribution in [3.63, 3.8) is 0 Å². The highest BCUT2D eigenvalue weighted by Gasteiger charge is 2.37. The first-order valence-electron chi connectivity index (χ1n) is 11.0. The van der Waals surface area contributed by atoms with Crippen LogP contribution < -0.4 is 10.2 Å². The van der Waals surface area contributed by atoms with Crippen LogP contribution in [0.1, 0.15) is 40.6 Å². The Hall–Kier alpha value is -3.33. The average Bonchev–Trinajstić information content (AvgIpc) is 3.28. The van der Waals surface area contributed by atoms with Crippen LogP contribution in [-0.4, -0.2) is 20.3 Å². The third kappa shape index (κ3) is 3.88. The van der Waals surface area contributed by atoms with Crippen molar-refractivity contribution in [1.82, 2.24) is 0 Å². The Labute approximate surface area is 185 Å². The quantitative estimate of drug-likeness (QED) is 0.388. The van der Waals surface area contributed by atoms with Crippen molar-refractivity contribution in [2.24, 2.45) is 10.9 Å². The molecule has 2 aliphatic rings. The molecule has 3 atom stereocenters. The second-order valence-electron chi connectivity index (χ2n) is 8.90. The van der Waals surface area contributed by atoms with E-state index in [9.17, 15) is 0 Å². The molecule has 0 saturated heterocycles. The van der Waals surface area contributed by atoms with E-state index in [4.69, 9.17) is 0 Å². The molecule has 31 heavy (non-hydrogen) atoms. The number of hydrogen-bond donors (Lipinski definition) is 1. The van der Waals surface area contributed by atoms with Crippen LogP contribution in [0.3, 0.4) is 0 Å². The topological polar surface area (TPSA) is 27.6 Å². The van der Waals surface area contributed by atoms with Crippen LogP contribution in [-0.2, 0) is 0 Å². The van der Waals surface area contributed by atoms with E-state index in [1.165, 1.54) is 28.1 Å². The number of rotatable bonds is 4. The molecule has 156 valence electrons. The Balaban J connectivity index is 1.34. The molecule has 0 amide bonds. The summed E-state index contributed by atoms with van der Waals surface area (Å²) < 4.78 is 0. The molecule has 0 spiro atoms. The Kier molecular flexibility index (Phi) is 5.11. The predicted molar refractivity (Wildman–Crippen MR) is 132 cm³/mol. The van der Waals surface area contributed by atoms with E-state index in [1.54, 1.807) is 0 Å². The fourth-order valence-electron chi connectivity index (χ4n) is 4.82. The van der Waals surface area contributed by atoms with Crippen molar-refractivity contribution >= 4 is 23.3 Å². The largest absolute Gasteiger partial charge is 0.378 e. The maximum Gasteiger partial charge on any atom is 0.0630 e. The third-order valence-electron chi connectivity index (χ3n) is 6.54. The van der Waals surface area contributed by atoms with Gasteiger partial charge in [0.05, 0.1) is 11.7 Å². The van der Waals surface area contributed by atoms with Crippen molar-refractivity contribution in [2.75, 3.05) is 24.3 Å².